The summed E-state index contributed by atoms with van der Waals surface area (Å²) in [7, 11) is -4.33. The number of anilines is 1. The topological polar surface area (TPSA) is 113 Å². The zero-order valence-corrected chi connectivity index (χ0v) is 15.0. The molecule has 0 fully saturated rings. The molecule has 1 aliphatic heterocycles. The number of nitrogens with one attached hydrogen (secondary N) is 1. The zero-order chi connectivity index (χ0) is 19.8. The van der Waals surface area contributed by atoms with Crippen LogP contribution >= 0.6 is 0 Å². The minimum atomic E-state index is -4.33. The minimum absolute atomic E-state index is 0.0173. The van der Waals surface area contributed by atoms with Crippen molar-refractivity contribution in [2.75, 3.05) is 5.32 Å². The van der Waals surface area contributed by atoms with Crippen LogP contribution in [0.25, 0.3) is 0 Å². The molecule has 2 N–H and O–H groups in total. The first kappa shape index (κ1) is 18.7. The van der Waals surface area contributed by atoms with E-state index in [-0.39, 0.29) is 28.1 Å². The van der Waals surface area contributed by atoms with Crippen LogP contribution in [0.3, 0.4) is 0 Å². The van der Waals surface area contributed by atoms with Crippen molar-refractivity contribution in [3.05, 3.63) is 57.9 Å². The summed E-state index contributed by atoms with van der Waals surface area (Å²) in [5, 5.41) is 11.5. The van der Waals surface area contributed by atoms with Gasteiger partial charge in [-0.25, -0.2) is 12.8 Å². The number of hydrogen-bond acceptors (Lipinski definition) is 5. The summed E-state index contributed by atoms with van der Waals surface area (Å²) in [6.45, 7) is 1.56. The van der Waals surface area contributed by atoms with Gasteiger partial charge in [0.2, 0.25) is 16.2 Å². The third-order valence-corrected chi connectivity index (χ3v) is 6.03. The molecular weight excluding hydrogens is 375 g/mol. The van der Waals surface area contributed by atoms with Gasteiger partial charge in [0.25, 0.3) is 0 Å². The number of hydrogen-bond donors (Lipinski definition) is 2. The van der Waals surface area contributed by atoms with Gasteiger partial charge in [-0.05, 0) is 36.8 Å². The second kappa shape index (κ2) is 6.92. The second-order valence-corrected chi connectivity index (χ2v) is 7.83. The summed E-state index contributed by atoms with van der Waals surface area (Å²) < 4.78 is 41.0. The van der Waals surface area contributed by atoms with E-state index < -0.39 is 33.0 Å². The number of benzene rings is 1. The highest BCUT2D eigenvalue weighted by Gasteiger charge is 2.37. The van der Waals surface area contributed by atoms with Crippen molar-refractivity contribution in [2.24, 2.45) is 4.99 Å². The number of aliphatic imine (C=N–C) groups is 1. The lowest BCUT2D eigenvalue weighted by Gasteiger charge is -2.18. The Morgan fingerprint density at radius 3 is 2.81 bits per heavy atom. The zero-order valence-electron chi connectivity index (χ0n) is 14.2. The highest BCUT2D eigenvalue weighted by molar-refractivity contribution is 7.95. The van der Waals surface area contributed by atoms with Crippen molar-refractivity contribution >= 4 is 33.6 Å². The summed E-state index contributed by atoms with van der Waals surface area (Å²) >= 11 is 0. The SMILES string of the molecule is CC1=C(CC(=O)O)C2=C(S(=O)(=O)c3cccc(NC=O)c3)C(F)=CCC2=N1. The van der Waals surface area contributed by atoms with Crippen LogP contribution in [-0.4, -0.2) is 31.6 Å². The van der Waals surface area contributed by atoms with E-state index in [9.17, 15) is 22.4 Å². The molecule has 0 saturated carbocycles. The maximum absolute atomic E-state index is 14.7. The molecule has 27 heavy (non-hydrogen) atoms. The molecule has 0 spiro atoms. The Kier molecular flexibility index (Phi) is 4.79. The minimum Gasteiger partial charge on any atom is -0.481 e. The first-order valence-electron chi connectivity index (χ1n) is 7.91. The maximum Gasteiger partial charge on any atom is 0.307 e. The Morgan fingerprint density at radius 1 is 1.41 bits per heavy atom. The van der Waals surface area contributed by atoms with Gasteiger partial charge in [-0.15, -0.1) is 0 Å². The van der Waals surface area contributed by atoms with Gasteiger partial charge in [0.05, 0.1) is 17.0 Å². The van der Waals surface area contributed by atoms with Crippen LogP contribution in [0.4, 0.5) is 10.1 Å². The predicted octanol–water partition coefficient (Wildman–Crippen LogP) is 2.74. The number of aliphatic carboxylic acids is 1. The number of carbonyl (C=O) groups excluding carboxylic acids is 1. The molecule has 1 aromatic rings. The van der Waals surface area contributed by atoms with Crippen LogP contribution in [0, 0.1) is 0 Å². The normalized spacial score (nSPS) is 16.7. The van der Waals surface area contributed by atoms with E-state index >= 15 is 0 Å². The van der Waals surface area contributed by atoms with Gasteiger partial charge >= 0.3 is 5.97 Å². The summed E-state index contributed by atoms with van der Waals surface area (Å²) in [6.07, 6.45) is 1.12. The van der Waals surface area contributed by atoms with Gasteiger partial charge in [0.15, 0.2) is 0 Å². The number of carboxylic acids is 1. The Labute approximate surface area is 154 Å². The van der Waals surface area contributed by atoms with E-state index in [1.54, 1.807) is 6.92 Å². The number of carbonyl (C=O) groups is 2. The molecule has 1 aromatic carbocycles. The van der Waals surface area contributed by atoms with Gasteiger partial charge in [0, 0.05) is 23.4 Å². The number of sulfone groups is 1. The molecule has 7 nitrogen and oxygen atoms in total. The lowest BCUT2D eigenvalue weighted by molar-refractivity contribution is -0.136. The molecule has 140 valence electrons. The highest BCUT2D eigenvalue weighted by atomic mass is 32.2. The molecule has 9 heteroatoms. The third-order valence-electron chi connectivity index (χ3n) is 4.22. The van der Waals surface area contributed by atoms with Crippen LogP contribution in [-0.2, 0) is 19.4 Å². The van der Waals surface area contributed by atoms with Crippen molar-refractivity contribution in [3.8, 4) is 0 Å². The summed E-state index contributed by atoms with van der Waals surface area (Å²) in [5.74, 6) is -2.12. The molecule has 0 aromatic heterocycles. The second-order valence-electron chi connectivity index (χ2n) is 5.95. The van der Waals surface area contributed by atoms with Crippen molar-refractivity contribution in [1.82, 2.24) is 0 Å². The lowest BCUT2D eigenvalue weighted by Crippen LogP contribution is -2.18. The third kappa shape index (κ3) is 3.33. The predicted molar refractivity (Wildman–Crippen MR) is 96.5 cm³/mol. The molecule has 1 aliphatic carbocycles. The summed E-state index contributed by atoms with van der Waals surface area (Å²) in [4.78, 5) is 25.2. The average molecular weight is 390 g/mol. The average Bonchev–Trinajstić information content (AvgIpc) is 2.90. The number of rotatable bonds is 6. The Bertz CT molecular complexity index is 1080. The number of allylic oxidation sites excluding steroid dienone is 4. The van der Waals surface area contributed by atoms with E-state index in [0.29, 0.717) is 17.8 Å². The van der Waals surface area contributed by atoms with Crippen LogP contribution in [0.2, 0.25) is 0 Å². The Hall–Kier alpha value is -3.07. The van der Waals surface area contributed by atoms with E-state index in [1.807, 2.05) is 0 Å². The Morgan fingerprint density at radius 2 is 2.15 bits per heavy atom. The molecule has 0 unspecified atom stereocenters. The smallest absolute Gasteiger partial charge is 0.307 e. The van der Waals surface area contributed by atoms with Crippen molar-refractivity contribution < 1.29 is 27.5 Å². The van der Waals surface area contributed by atoms with Gasteiger partial charge in [0.1, 0.15) is 10.7 Å². The number of nitrogens with zero attached hydrogens (tertiary/aromatic N) is 1. The summed E-state index contributed by atoms with van der Waals surface area (Å²) in [5.41, 5.74) is 1.11. The number of fused-ring (bicyclic) bond motifs is 1. The first-order chi connectivity index (χ1) is 12.8. The standard InChI is InChI=1S/C18H15FN2O5S/c1-10-13(8-16(23)24)17-15(21-10)6-5-14(19)18(17)27(25,26)12-4-2-3-11(7-12)20-9-22/h2-5,7,9H,6,8H2,1H3,(H,20,22)(H,23,24). The molecule has 3 rings (SSSR count). The molecule has 0 saturated heterocycles. The fourth-order valence-electron chi connectivity index (χ4n) is 3.06. The number of halogens is 1. The molecule has 1 amide bonds. The van der Waals surface area contributed by atoms with Gasteiger partial charge < -0.3 is 10.4 Å². The fourth-order valence-corrected chi connectivity index (χ4v) is 4.69. The lowest BCUT2D eigenvalue weighted by atomic mass is 9.94. The van der Waals surface area contributed by atoms with E-state index in [0.717, 1.165) is 6.08 Å². The monoisotopic (exact) mass is 390 g/mol. The van der Waals surface area contributed by atoms with Crippen molar-refractivity contribution in [2.45, 2.75) is 24.7 Å². The van der Waals surface area contributed by atoms with Crippen LogP contribution < -0.4 is 5.32 Å². The van der Waals surface area contributed by atoms with Gasteiger partial charge in [-0.3, -0.25) is 14.6 Å². The van der Waals surface area contributed by atoms with Gasteiger partial charge in [-0.1, -0.05) is 6.07 Å². The molecule has 1 heterocycles. The van der Waals surface area contributed by atoms with E-state index in [1.165, 1.54) is 24.3 Å². The molecular formula is C18H15FN2O5S. The first-order valence-corrected chi connectivity index (χ1v) is 9.39. The van der Waals surface area contributed by atoms with Crippen LogP contribution in [0.15, 0.2) is 67.8 Å². The molecule has 2 aliphatic rings. The van der Waals surface area contributed by atoms with Crippen molar-refractivity contribution in [1.29, 1.82) is 0 Å². The van der Waals surface area contributed by atoms with E-state index in [2.05, 4.69) is 10.3 Å². The maximum atomic E-state index is 14.7. The Balaban J connectivity index is 2.22. The molecule has 0 atom stereocenters. The number of carboxylic acid groups (broad SMARTS) is 1. The quantitative estimate of drug-likeness (QED) is 0.725. The largest absolute Gasteiger partial charge is 0.481 e. The van der Waals surface area contributed by atoms with Gasteiger partial charge in [-0.2, -0.15) is 0 Å². The molecule has 0 radical (unpaired) electrons. The summed E-state index contributed by atoms with van der Waals surface area (Å²) in [6, 6.07) is 5.39. The molecule has 0 bridgehead atoms. The van der Waals surface area contributed by atoms with E-state index in [4.69, 9.17) is 5.11 Å². The highest BCUT2D eigenvalue weighted by Crippen LogP contribution is 2.41. The number of amides is 1. The van der Waals surface area contributed by atoms with Crippen LogP contribution in [0.1, 0.15) is 19.8 Å². The van der Waals surface area contributed by atoms with Crippen LogP contribution in [0.5, 0.6) is 0 Å². The van der Waals surface area contributed by atoms with Crippen molar-refractivity contribution in [3.63, 3.8) is 0 Å². The fraction of sp³-hybridized carbons (Fsp3) is 0.167.